The molecule has 0 saturated carbocycles. The Hall–Kier alpha value is -2.90. The standard InChI is InChI=1S/C19H25N3O5/c1-4-9-20-18(23)14(3)27-19(24)15-7-8-16(17(11-15)22(25)26)21-10-5-6-13(2)12-21/h4,7-8,11,13-14H,1,5-6,9-10,12H2,2-3H3,(H,20,23)/t13-,14-/m0/s1. The summed E-state index contributed by atoms with van der Waals surface area (Å²) in [5, 5.41) is 14.0. The average Bonchev–Trinajstić information content (AvgIpc) is 2.65. The van der Waals surface area contributed by atoms with Crippen LogP contribution in [0.2, 0.25) is 0 Å². The van der Waals surface area contributed by atoms with Gasteiger partial charge in [0.2, 0.25) is 0 Å². The summed E-state index contributed by atoms with van der Waals surface area (Å²) in [6, 6.07) is 4.29. The second kappa shape index (κ2) is 9.16. The van der Waals surface area contributed by atoms with Crippen molar-refractivity contribution < 1.29 is 19.2 Å². The highest BCUT2D eigenvalue weighted by Crippen LogP contribution is 2.32. The van der Waals surface area contributed by atoms with E-state index in [1.807, 2.05) is 4.90 Å². The van der Waals surface area contributed by atoms with Crippen LogP contribution in [0.1, 0.15) is 37.0 Å². The summed E-state index contributed by atoms with van der Waals surface area (Å²) >= 11 is 0. The SMILES string of the molecule is C=CCNC(=O)[C@H](C)OC(=O)c1ccc(N2CCC[C@H](C)C2)c([N+](=O)[O-])c1. The predicted molar refractivity (Wildman–Crippen MR) is 102 cm³/mol. The summed E-state index contributed by atoms with van der Waals surface area (Å²) in [7, 11) is 0. The van der Waals surface area contributed by atoms with Gasteiger partial charge in [0.1, 0.15) is 5.69 Å². The van der Waals surface area contributed by atoms with Gasteiger partial charge < -0.3 is 15.0 Å². The molecule has 1 aliphatic rings. The third kappa shape index (κ3) is 5.29. The molecule has 1 aliphatic heterocycles. The number of esters is 1. The fourth-order valence-corrected chi connectivity index (χ4v) is 3.07. The van der Waals surface area contributed by atoms with Crippen LogP contribution in [0.15, 0.2) is 30.9 Å². The van der Waals surface area contributed by atoms with E-state index in [-0.39, 0.29) is 17.8 Å². The van der Waals surface area contributed by atoms with E-state index < -0.39 is 22.9 Å². The molecule has 1 saturated heterocycles. The van der Waals surface area contributed by atoms with E-state index >= 15 is 0 Å². The molecule has 2 atom stereocenters. The Morgan fingerprint density at radius 2 is 2.26 bits per heavy atom. The number of hydrogen-bond acceptors (Lipinski definition) is 6. The smallest absolute Gasteiger partial charge is 0.339 e. The summed E-state index contributed by atoms with van der Waals surface area (Å²) in [6.07, 6.45) is 2.56. The molecule has 1 fully saturated rings. The highest BCUT2D eigenvalue weighted by Gasteiger charge is 2.26. The Kier molecular flexibility index (Phi) is 6.92. The molecule has 0 spiro atoms. The van der Waals surface area contributed by atoms with Crippen molar-refractivity contribution in [3.05, 3.63) is 46.5 Å². The molecule has 0 bridgehead atoms. The van der Waals surface area contributed by atoms with Crippen molar-refractivity contribution in [2.45, 2.75) is 32.8 Å². The fraction of sp³-hybridized carbons (Fsp3) is 0.474. The molecule has 0 aliphatic carbocycles. The number of rotatable bonds is 7. The first kappa shape index (κ1) is 20.4. The van der Waals surface area contributed by atoms with Crippen molar-refractivity contribution in [2.75, 3.05) is 24.5 Å². The van der Waals surface area contributed by atoms with Gasteiger partial charge in [-0.25, -0.2) is 4.79 Å². The highest BCUT2D eigenvalue weighted by molar-refractivity contribution is 5.93. The van der Waals surface area contributed by atoms with Crippen molar-refractivity contribution in [1.82, 2.24) is 5.32 Å². The number of piperidine rings is 1. The van der Waals surface area contributed by atoms with Crippen molar-refractivity contribution in [2.24, 2.45) is 5.92 Å². The van der Waals surface area contributed by atoms with Crippen molar-refractivity contribution in [3.8, 4) is 0 Å². The summed E-state index contributed by atoms with van der Waals surface area (Å²) in [4.78, 5) is 37.1. The number of nitro groups is 1. The van der Waals surface area contributed by atoms with Crippen LogP contribution >= 0.6 is 0 Å². The fourth-order valence-electron chi connectivity index (χ4n) is 3.07. The molecule has 1 aromatic rings. The zero-order valence-electron chi connectivity index (χ0n) is 15.6. The normalized spacial score (nSPS) is 17.7. The average molecular weight is 375 g/mol. The molecule has 0 unspecified atom stereocenters. The Morgan fingerprint density at radius 1 is 1.52 bits per heavy atom. The predicted octanol–water partition coefficient (Wildman–Crippen LogP) is 2.68. The number of nitrogens with zero attached hydrogens (tertiary/aromatic N) is 2. The van der Waals surface area contributed by atoms with Crippen LogP contribution < -0.4 is 10.2 Å². The van der Waals surface area contributed by atoms with Gasteiger partial charge in [-0.05, 0) is 37.8 Å². The lowest BCUT2D eigenvalue weighted by atomic mass is 9.99. The zero-order chi connectivity index (χ0) is 20.0. The Labute approximate surface area is 158 Å². The summed E-state index contributed by atoms with van der Waals surface area (Å²) in [5.74, 6) is -0.785. The first-order valence-corrected chi connectivity index (χ1v) is 8.96. The topological polar surface area (TPSA) is 102 Å². The number of carbonyl (C=O) groups is 2. The van der Waals surface area contributed by atoms with Gasteiger partial charge in [0.15, 0.2) is 6.10 Å². The van der Waals surface area contributed by atoms with E-state index in [4.69, 9.17) is 4.74 Å². The molecule has 1 aromatic carbocycles. The van der Waals surface area contributed by atoms with Crippen LogP contribution in [0.25, 0.3) is 0 Å². The van der Waals surface area contributed by atoms with Gasteiger partial charge in [-0.3, -0.25) is 14.9 Å². The third-order valence-corrected chi connectivity index (χ3v) is 4.48. The Bertz CT molecular complexity index is 734. The van der Waals surface area contributed by atoms with Crippen molar-refractivity contribution in [1.29, 1.82) is 0 Å². The maximum absolute atomic E-state index is 12.3. The van der Waals surface area contributed by atoms with Crippen LogP contribution in [0.4, 0.5) is 11.4 Å². The monoisotopic (exact) mass is 375 g/mol. The lowest BCUT2D eigenvalue weighted by Crippen LogP contribution is -2.36. The molecule has 0 aromatic heterocycles. The van der Waals surface area contributed by atoms with Crippen LogP contribution in [-0.4, -0.2) is 42.5 Å². The molecule has 27 heavy (non-hydrogen) atoms. The molecule has 8 nitrogen and oxygen atoms in total. The van der Waals surface area contributed by atoms with Gasteiger partial charge in [-0.1, -0.05) is 13.0 Å². The number of carbonyl (C=O) groups excluding carboxylic acids is 2. The first-order valence-electron chi connectivity index (χ1n) is 8.96. The lowest BCUT2D eigenvalue weighted by Gasteiger charge is -2.32. The number of anilines is 1. The zero-order valence-corrected chi connectivity index (χ0v) is 15.6. The Balaban J connectivity index is 2.17. The maximum Gasteiger partial charge on any atom is 0.339 e. The molecule has 1 heterocycles. The Morgan fingerprint density at radius 3 is 2.89 bits per heavy atom. The number of amides is 1. The van der Waals surface area contributed by atoms with Gasteiger partial charge in [-0.15, -0.1) is 6.58 Å². The van der Waals surface area contributed by atoms with E-state index in [1.165, 1.54) is 25.1 Å². The van der Waals surface area contributed by atoms with E-state index in [9.17, 15) is 19.7 Å². The molecule has 0 radical (unpaired) electrons. The largest absolute Gasteiger partial charge is 0.449 e. The van der Waals surface area contributed by atoms with Crippen molar-refractivity contribution in [3.63, 3.8) is 0 Å². The third-order valence-electron chi connectivity index (χ3n) is 4.48. The van der Waals surface area contributed by atoms with Gasteiger partial charge in [0, 0.05) is 25.7 Å². The van der Waals surface area contributed by atoms with Crippen LogP contribution in [-0.2, 0) is 9.53 Å². The molecular weight excluding hydrogens is 350 g/mol. The second-order valence-electron chi connectivity index (χ2n) is 6.74. The minimum Gasteiger partial charge on any atom is -0.449 e. The van der Waals surface area contributed by atoms with Gasteiger partial charge in [0.05, 0.1) is 10.5 Å². The summed E-state index contributed by atoms with van der Waals surface area (Å²) in [6.45, 7) is 8.79. The second-order valence-corrected chi connectivity index (χ2v) is 6.74. The minimum atomic E-state index is -1.01. The number of nitro benzene ring substituents is 1. The van der Waals surface area contributed by atoms with Crippen LogP contribution in [0.5, 0.6) is 0 Å². The number of ether oxygens (including phenoxy) is 1. The first-order chi connectivity index (χ1) is 12.8. The molecule has 2 rings (SSSR count). The minimum absolute atomic E-state index is 0.0406. The van der Waals surface area contributed by atoms with Crippen molar-refractivity contribution >= 4 is 23.3 Å². The maximum atomic E-state index is 12.3. The van der Waals surface area contributed by atoms with E-state index in [2.05, 4.69) is 18.8 Å². The van der Waals surface area contributed by atoms with E-state index in [0.29, 0.717) is 11.6 Å². The number of nitrogens with one attached hydrogen (secondary N) is 1. The quantitative estimate of drug-likeness (QED) is 0.340. The molecule has 1 amide bonds. The lowest BCUT2D eigenvalue weighted by molar-refractivity contribution is -0.384. The van der Waals surface area contributed by atoms with Gasteiger partial charge in [0.25, 0.3) is 11.6 Å². The number of benzene rings is 1. The molecule has 146 valence electrons. The molecular formula is C19H25N3O5. The van der Waals surface area contributed by atoms with Crippen LogP contribution in [0, 0.1) is 16.0 Å². The van der Waals surface area contributed by atoms with Gasteiger partial charge in [-0.2, -0.15) is 0 Å². The molecule has 8 heteroatoms. The number of hydrogen-bond donors (Lipinski definition) is 1. The molecule has 1 N–H and O–H groups in total. The summed E-state index contributed by atoms with van der Waals surface area (Å²) in [5.41, 5.74) is 0.404. The van der Waals surface area contributed by atoms with E-state index in [0.717, 1.165) is 25.9 Å². The highest BCUT2D eigenvalue weighted by atomic mass is 16.6. The van der Waals surface area contributed by atoms with Crippen LogP contribution in [0.3, 0.4) is 0 Å². The summed E-state index contributed by atoms with van der Waals surface area (Å²) < 4.78 is 5.11. The van der Waals surface area contributed by atoms with E-state index in [1.54, 1.807) is 6.07 Å². The van der Waals surface area contributed by atoms with Gasteiger partial charge >= 0.3 is 5.97 Å².